The molecule has 2 aromatic carbocycles. The van der Waals surface area contributed by atoms with E-state index >= 15 is 0 Å². The van der Waals surface area contributed by atoms with Crippen molar-refractivity contribution < 1.29 is 19.1 Å². The van der Waals surface area contributed by atoms with Crippen LogP contribution in [-0.4, -0.2) is 25.2 Å². The zero-order valence-corrected chi connectivity index (χ0v) is 12.6. The van der Waals surface area contributed by atoms with Gasteiger partial charge in [-0.1, -0.05) is 36.4 Å². The van der Waals surface area contributed by atoms with E-state index in [0.717, 1.165) is 6.42 Å². The fourth-order valence-corrected chi connectivity index (χ4v) is 2.16. The average molecular weight is 309 g/mol. The Balaban J connectivity index is 1.49. The van der Waals surface area contributed by atoms with Crippen molar-refractivity contribution in [2.24, 2.45) is 5.41 Å². The molecule has 1 aliphatic carbocycles. The molecule has 4 nitrogen and oxygen atoms in total. The first-order valence-electron chi connectivity index (χ1n) is 7.47. The molecule has 0 bridgehead atoms. The van der Waals surface area contributed by atoms with Gasteiger partial charge in [-0.05, 0) is 37.1 Å². The van der Waals surface area contributed by atoms with Crippen LogP contribution in [0.15, 0.2) is 60.7 Å². The Morgan fingerprint density at radius 1 is 0.783 bits per heavy atom. The summed E-state index contributed by atoms with van der Waals surface area (Å²) in [5.41, 5.74) is 0.698. The van der Waals surface area contributed by atoms with Gasteiger partial charge in [0.25, 0.3) is 0 Å². The van der Waals surface area contributed by atoms with Crippen molar-refractivity contribution in [3.63, 3.8) is 0 Å². The zero-order chi connectivity index (χ0) is 16.1. The van der Waals surface area contributed by atoms with Crippen LogP contribution < -0.4 is 0 Å². The van der Waals surface area contributed by atoms with E-state index in [0.29, 0.717) is 11.1 Å². The van der Waals surface area contributed by atoms with Crippen LogP contribution in [0, 0.1) is 11.8 Å². The Morgan fingerprint density at radius 2 is 1.17 bits per heavy atom. The SMILES string of the molecule is O=C(OCC1(COC(=O)c2ccccc2)[CH]C1)c1ccccc1. The molecule has 0 aromatic heterocycles. The first kappa shape index (κ1) is 15.3. The summed E-state index contributed by atoms with van der Waals surface area (Å²) in [7, 11) is 0. The summed E-state index contributed by atoms with van der Waals surface area (Å²) in [5, 5.41) is 0. The van der Waals surface area contributed by atoms with Crippen LogP contribution in [0.2, 0.25) is 0 Å². The number of ether oxygens (including phenoxy) is 2. The number of benzene rings is 2. The van der Waals surface area contributed by atoms with E-state index in [4.69, 9.17) is 9.47 Å². The summed E-state index contributed by atoms with van der Waals surface area (Å²) >= 11 is 0. The molecule has 23 heavy (non-hydrogen) atoms. The van der Waals surface area contributed by atoms with E-state index in [9.17, 15) is 9.59 Å². The molecule has 117 valence electrons. The molecule has 0 saturated heterocycles. The van der Waals surface area contributed by atoms with Gasteiger partial charge in [0.1, 0.15) is 13.2 Å². The van der Waals surface area contributed by atoms with Gasteiger partial charge < -0.3 is 9.47 Å². The molecule has 2 aromatic rings. The highest BCUT2D eigenvalue weighted by Crippen LogP contribution is 2.45. The lowest BCUT2D eigenvalue weighted by Gasteiger charge is -2.15. The number of hydrogen-bond acceptors (Lipinski definition) is 4. The third-order valence-corrected chi connectivity index (χ3v) is 3.78. The van der Waals surface area contributed by atoms with E-state index in [1.54, 1.807) is 48.5 Å². The molecule has 0 amide bonds. The summed E-state index contributed by atoms with van der Waals surface area (Å²) in [6.45, 7) is 0.450. The largest absolute Gasteiger partial charge is 0.461 e. The molecule has 3 rings (SSSR count). The molecule has 1 saturated carbocycles. The van der Waals surface area contributed by atoms with Gasteiger partial charge in [-0.3, -0.25) is 0 Å². The van der Waals surface area contributed by atoms with Crippen molar-refractivity contribution in [2.75, 3.05) is 13.2 Å². The number of carbonyl (C=O) groups excluding carboxylic acids is 2. The zero-order valence-electron chi connectivity index (χ0n) is 12.6. The van der Waals surface area contributed by atoms with Crippen LogP contribution in [-0.2, 0) is 9.47 Å². The van der Waals surface area contributed by atoms with Gasteiger partial charge in [0.15, 0.2) is 0 Å². The number of carbonyl (C=O) groups is 2. The van der Waals surface area contributed by atoms with Crippen molar-refractivity contribution in [2.45, 2.75) is 6.42 Å². The molecule has 1 aliphatic rings. The van der Waals surface area contributed by atoms with Crippen LogP contribution in [0.25, 0.3) is 0 Å². The first-order chi connectivity index (χ1) is 11.2. The minimum absolute atomic E-state index is 0.225. The fraction of sp³-hybridized carbons (Fsp3) is 0.211. The highest BCUT2D eigenvalue weighted by Gasteiger charge is 2.46. The van der Waals surface area contributed by atoms with Crippen LogP contribution in [0.1, 0.15) is 27.1 Å². The van der Waals surface area contributed by atoms with Gasteiger partial charge in [0.2, 0.25) is 0 Å². The predicted octanol–water partition coefficient (Wildman–Crippen LogP) is 3.29. The van der Waals surface area contributed by atoms with E-state index < -0.39 is 0 Å². The Bertz CT molecular complexity index is 618. The van der Waals surface area contributed by atoms with Gasteiger partial charge in [0, 0.05) is 5.41 Å². The molecular formula is C19H17O4. The Labute approximate surface area is 135 Å². The highest BCUT2D eigenvalue weighted by molar-refractivity contribution is 5.90. The Hall–Kier alpha value is -2.62. The van der Waals surface area contributed by atoms with Gasteiger partial charge in [0.05, 0.1) is 11.1 Å². The van der Waals surface area contributed by atoms with Crippen LogP contribution in [0.3, 0.4) is 0 Å². The minimum Gasteiger partial charge on any atom is -0.461 e. The molecule has 0 N–H and O–H groups in total. The lowest BCUT2D eigenvalue weighted by molar-refractivity contribution is 0.0232. The molecule has 0 heterocycles. The fourth-order valence-electron chi connectivity index (χ4n) is 2.16. The maximum atomic E-state index is 11.9. The summed E-state index contributed by atoms with van der Waals surface area (Å²) in [5.74, 6) is -0.723. The molecule has 0 aliphatic heterocycles. The number of hydrogen-bond donors (Lipinski definition) is 0. The summed E-state index contributed by atoms with van der Waals surface area (Å²) in [4.78, 5) is 23.9. The predicted molar refractivity (Wildman–Crippen MR) is 84.8 cm³/mol. The van der Waals surface area contributed by atoms with Crippen molar-refractivity contribution >= 4 is 11.9 Å². The number of esters is 2. The summed E-state index contributed by atoms with van der Waals surface area (Å²) in [6.07, 6.45) is 2.78. The Kier molecular flexibility index (Phi) is 4.42. The second-order valence-corrected chi connectivity index (χ2v) is 5.65. The lowest BCUT2D eigenvalue weighted by atomic mass is 10.1. The summed E-state index contributed by atoms with van der Waals surface area (Å²) in [6, 6.07) is 17.7. The maximum absolute atomic E-state index is 11.9. The van der Waals surface area contributed by atoms with Gasteiger partial charge in [-0.2, -0.15) is 0 Å². The maximum Gasteiger partial charge on any atom is 0.338 e. The first-order valence-corrected chi connectivity index (χ1v) is 7.47. The molecule has 0 unspecified atom stereocenters. The third kappa shape index (κ3) is 3.97. The van der Waals surface area contributed by atoms with Crippen LogP contribution in [0.4, 0.5) is 0 Å². The van der Waals surface area contributed by atoms with Crippen LogP contribution >= 0.6 is 0 Å². The molecule has 0 atom stereocenters. The van der Waals surface area contributed by atoms with E-state index in [1.807, 2.05) is 18.6 Å². The standard InChI is InChI=1S/C19H17O4/c20-17(15-7-3-1-4-8-15)22-13-19(11-12-19)14-23-18(21)16-9-5-2-6-10-16/h1-11H,12-14H2. The highest BCUT2D eigenvalue weighted by atomic mass is 16.5. The second-order valence-electron chi connectivity index (χ2n) is 5.65. The van der Waals surface area contributed by atoms with Gasteiger partial charge >= 0.3 is 11.9 Å². The lowest BCUT2D eigenvalue weighted by Crippen LogP contribution is -2.22. The summed E-state index contributed by atoms with van der Waals surface area (Å²) < 4.78 is 10.7. The monoisotopic (exact) mass is 309 g/mol. The molecule has 1 fully saturated rings. The second kappa shape index (κ2) is 6.65. The third-order valence-electron chi connectivity index (χ3n) is 3.78. The van der Waals surface area contributed by atoms with Gasteiger partial charge in [-0.25, -0.2) is 9.59 Å². The smallest absolute Gasteiger partial charge is 0.338 e. The topological polar surface area (TPSA) is 52.6 Å². The van der Waals surface area contributed by atoms with Crippen LogP contribution in [0.5, 0.6) is 0 Å². The Morgan fingerprint density at radius 3 is 1.52 bits per heavy atom. The van der Waals surface area contributed by atoms with E-state index in [-0.39, 0.29) is 30.6 Å². The molecule has 4 heteroatoms. The van der Waals surface area contributed by atoms with Crippen molar-refractivity contribution in [1.29, 1.82) is 0 Å². The van der Waals surface area contributed by atoms with E-state index in [1.165, 1.54) is 0 Å². The van der Waals surface area contributed by atoms with Crippen molar-refractivity contribution in [1.82, 2.24) is 0 Å². The quantitative estimate of drug-likeness (QED) is 0.768. The molecular weight excluding hydrogens is 292 g/mol. The molecule has 0 spiro atoms. The van der Waals surface area contributed by atoms with Gasteiger partial charge in [-0.15, -0.1) is 0 Å². The van der Waals surface area contributed by atoms with E-state index in [2.05, 4.69) is 0 Å². The average Bonchev–Trinajstić information content (AvgIpc) is 3.39. The van der Waals surface area contributed by atoms with Crippen molar-refractivity contribution in [3.05, 3.63) is 78.2 Å². The van der Waals surface area contributed by atoms with Crippen molar-refractivity contribution in [3.8, 4) is 0 Å². The number of rotatable bonds is 6. The minimum atomic E-state index is -0.361. The molecule has 1 radical (unpaired) electrons. The normalized spacial score (nSPS) is 14.8.